The number of halogens is 1. The van der Waals surface area contributed by atoms with Gasteiger partial charge in [-0.25, -0.2) is 9.97 Å². The van der Waals surface area contributed by atoms with Crippen molar-refractivity contribution in [2.24, 2.45) is 0 Å². The van der Waals surface area contributed by atoms with Crippen LogP contribution in [0.1, 0.15) is 0 Å². The lowest BCUT2D eigenvalue weighted by Crippen LogP contribution is -2.33. The normalized spacial score (nSPS) is 8.55. The Morgan fingerprint density at radius 3 is 2.45 bits per heavy atom. The number of rotatable bonds is 1. The third-order valence-electron chi connectivity index (χ3n) is 0.960. The van der Waals surface area contributed by atoms with Crippen molar-refractivity contribution in [3.63, 3.8) is 0 Å². The molecule has 4 N–H and O–H groups in total. The molecular weight excluding hydrogens is 168 g/mol. The summed E-state index contributed by atoms with van der Waals surface area (Å²) < 4.78 is 0. The van der Waals surface area contributed by atoms with Crippen molar-refractivity contribution in [3.05, 3.63) is 12.3 Å². The van der Waals surface area contributed by atoms with Gasteiger partial charge in [0.2, 0.25) is 5.95 Å². The molecule has 0 bridgehead atoms. The van der Waals surface area contributed by atoms with Crippen LogP contribution in [-0.4, -0.2) is 27.1 Å². The van der Waals surface area contributed by atoms with Crippen molar-refractivity contribution in [1.82, 2.24) is 9.97 Å². The van der Waals surface area contributed by atoms with Crippen LogP contribution < -0.4 is 11.3 Å². The second kappa shape index (κ2) is 4.12. The molecule has 7 heteroatoms. The van der Waals surface area contributed by atoms with Gasteiger partial charge in [-0.3, -0.25) is 0 Å². The molecule has 0 atom stereocenters. The van der Waals surface area contributed by atoms with E-state index in [0.29, 0.717) is 0 Å². The summed E-state index contributed by atoms with van der Waals surface area (Å²) >= 11 is 0. The Hall–Kier alpha value is -0.845. The minimum Gasteiger partial charge on any atom is -0.422 e. The number of hydrogen-bond acceptors (Lipinski definition) is 5. The fourth-order valence-electron chi connectivity index (χ4n) is 0.532. The summed E-state index contributed by atoms with van der Waals surface area (Å²) in [7, 11) is -1.58. The molecule has 0 saturated carbocycles. The lowest BCUT2D eigenvalue weighted by atomic mass is 9.86. The maximum atomic E-state index is 8.56. The number of nitrogen functional groups attached to an aromatic ring is 1. The molecular formula is C4H7BClN3O2. The molecule has 0 amide bonds. The Kier molecular flexibility index (Phi) is 3.80. The first-order chi connectivity index (χ1) is 4.70. The average Bonchev–Trinajstić information content (AvgIpc) is 1.88. The Morgan fingerprint density at radius 2 is 2.09 bits per heavy atom. The highest BCUT2D eigenvalue weighted by Gasteiger charge is 2.11. The van der Waals surface area contributed by atoms with Crippen molar-refractivity contribution >= 4 is 31.1 Å². The van der Waals surface area contributed by atoms with Gasteiger partial charge in [-0.1, -0.05) is 0 Å². The quantitative estimate of drug-likeness (QED) is 0.436. The Bertz CT molecular complexity index is 234. The molecule has 1 aromatic rings. The minimum atomic E-state index is -1.58. The van der Waals surface area contributed by atoms with Crippen LogP contribution in [0.25, 0.3) is 0 Å². The topological polar surface area (TPSA) is 92.3 Å². The Labute approximate surface area is 69.8 Å². The third-order valence-corrected chi connectivity index (χ3v) is 0.960. The van der Waals surface area contributed by atoms with Crippen molar-refractivity contribution in [1.29, 1.82) is 0 Å². The molecule has 0 aliphatic heterocycles. The van der Waals surface area contributed by atoms with Crippen LogP contribution in [0.2, 0.25) is 0 Å². The molecule has 0 radical (unpaired) electrons. The standard InChI is InChI=1S/C4H6BN3O2.ClH/c6-4-7-2-1-3(8-4)5(9)10;/h1-2,9-10H,(H2,6,7,8);1H. The van der Waals surface area contributed by atoms with Crippen LogP contribution in [0.15, 0.2) is 12.3 Å². The van der Waals surface area contributed by atoms with E-state index in [-0.39, 0.29) is 23.9 Å². The summed E-state index contributed by atoms with van der Waals surface area (Å²) in [6, 6.07) is 1.38. The van der Waals surface area contributed by atoms with Crippen LogP contribution >= 0.6 is 12.4 Å². The van der Waals surface area contributed by atoms with Crippen LogP contribution in [0.4, 0.5) is 5.95 Å². The van der Waals surface area contributed by atoms with Gasteiger partial charge >= 0.3 is 7.12 Å². The highest BCUT2D eigenvalue weighted by Crippen LogP contribution is 1.83. The van der Waals surface area contributed by atoms with Gasteiger partial charge in [0, 0.05) is 6.20 Å². The largest absolute Gasteiger partial charge is 0.508 e. The number of nitrogens with two attached hydrogens (primary N) is 1. The molecule has 0 unspecified atom stereocenters. The van der Waals surface area contributed by atoms with Gasteiger partial charge in [-0.15, -0.1) is 12.4 Å². The van der Waals surface area contributed by atoms with Gasteiger partial charge in [0.25, 0.3) is 0 Å². The number of hydrogen-bond donors (Lipinski definition) is 3. The summed E-state index contributed by atoms with van der Waals surface area (Å²) in [5.41, 5.74) is 5.26. The fourth-order valence-corrected chi connectivity index (χ4v) is 0.532. The summed E-state index contributed by atoms with van der Waals surface area (Å²) in [5, 5.41) is 17.1. The smallest absolute Gasteiger partial charge is 0.422 e. The summed E-state index contributed by atoms with van der Waals surface area (Å²) in [5.74, 6) is 0.0330. The highest BCUT2D eigenvalue weighted by atomic mass is 35.5. The van der Waals surface area contributed by atoms with Crippen molar-refractivity contribution in [2.75, 3.05) is 5.73 Å². The highest BCUT2D eigenvalue weighted by molar-refractivity contribution is 6.57. The lowest BCUT2D eigenvalue weighted by Gasteiger charge is -1.96. The predicted octanol–water partition coefficient (Wildman–Crippen LogP) is -1.84. The maximum Gasteiger partial charge on any atom is 0.508 e. The molecule has 0 aromatic carbocycles. The zero-order valence-electron chi connectivity index (χ0n) is 5.51. The van der Waals surface area contributed by atoms with Crippen LogP contribution in [0.3, 0.4) is 0 Å². The minimum absolute atomic E-state index is 0. The predicted molar refractivity (Wildman–Crippen MR) is 43.5 cm³/mol. The second-order valence-corrected chi connectivity index (χ2v) is 1.71. The van der Waals surface area contributed by atoms with Crippen LogP contribution in [-0.2, 0) is 0 Å². The average molecular weight is 175 g/mol. The molecule has 0 saturated heterocycles. The van der Waals surface area contributed by atoms with E-state index >= 15 is 0 Å². The number of anilines is 1. The fraction of sp³-hybridized carbons (Fsp3) is 0. The van der Waals surface area contributed by atoms with Gasteiger partial charge < -0.3 is 15.8 Å². The molecule has 0 fully saturated rings. The van der Waals surface area contributed by atoms with Crippen LogP contribution in [0, 0.1) is 0 Å². The van der Waals surface area contributed by atoms with Crippen molar-refractivity contribution < 1.29 is 10.0 Å². The van der Waals surface area contributed by atoms with Gasteiger partial charge in [0.1, 0.15) is 0 Å². The lowest BCUT2D eigenvalue weighted by molar-refractivity contribution is 0.424. The van der Waals surface area contributed by atoms with E-state index in [1.165, 1.54) is 12.3 Å². The molecule has 0 aliphatic rings. The number of nitrogens with zero attached hydrogens (tertiary/aromatic N) is 2. The van der Waals surface area contributed by atoms with E-state index in [2.05, 4.69) is 9.97 Å². The van der Waals surface area contributed by atoms with E-state index in [1.54, 1.807) is 0 Å². The molecule has 60 valence electrons. The van der Waals surface area contributed by atoms with E-state index < -0.39 is 7.12 Å². The maximum absolute atomic E-state index is 8.56. The van der Waals surface area contributed by atoms with Gasteiger partial charge in [-0.2, -0.15) is 0 Å². The van der Waals surface area contributed by atoms with E-state index in [9.17, 15) is 0 Å². The summed E-state index contributed by atoms with van der Waals surface area (Å²) in [4.78, 5) is 7.11. The zero-order chi connectivity index (χ0) is 7.56. The number of aromatic nitrogens is 2. The molecule has 1 aromatic heterocycles. The van der Waals surface area contributed by atoms with E-state index in [0.717, 1.165) is 0 Å². The molecule has 0 aliphatic carbocycles. The molecule has 0 spiro atoms. The zero-order valence-corrected chi connectivity index (χ0v) is 6.32. The Morgan fingerprint density at radius 1 is 1.45 bits per heavy atom. The SMILES string of the molecule is Cl.Nc1nccc(B(O)O)n1. The molecule has 1 rings (SSSR count). The first-order valence-electron chi connectivity index (χ1n) is 2.64. The molecule has 11 heavy (non-hydrogen) atoms. The first-order valence-corrected chi connectivity index (χ1v) is 2.64. The summed E-state index contributed by atoms with van der Waals surface area (Å²) in [6.45, 7) is 0. The molecule has 1 heterocycles. The third kappa shape index (κ3) is 2.71. The van der Waals surface area contributed by atoms with Crippen molar-refractivity contribution in [3.8, 4) is 0 Å². The first kappa shape index (κ1) is 10.2. The van der Waals surface area contributed by atoms with Crippen molar-refractivity contribution in [2.45, 2.75) is 0 Å². The monoisotopic (exact) mass is 175 g/mol. The second-order valence-electron chi connectivity index (χ2n) is 1.71. The van der Waals surface area contributed by atoms with Gasteiger partial charge in [0.05, 0.1) is 5.59 Å². The van der Waals surface area contributed by atoms with E-state index in [4.69, 9.17) is 15.8 Å². The summed E-state index contributed by atoms with van der Waals surface area (Å²) in [6.07, 6.45) is 1.36. The Balaban J connectivity index is 0.000001000. The van der Waals surface area contributed by atoms with Gasteiger partial charge in [0.15, 0.2) is 0 Å². The van der Waals surface area contributed by atoms with E-state index in [1.807, 2.05) is 0 Å². The van der Waals surface area contributed by atoms with Crippen LogP contribution in [0.5, 0.6) is 0 Å². The molecule has 5 nitrogen and oxygen atoms in total. The van der Waals surface area contributed by atoms with Gasteiger partial charge in [-0.05, 0) is 6.07 Å².